The molecule has 0 heterocycles. The molecule has 0 unspecified atom stereocenters. The molecule has 0 atom stereocenters. The molecule has 0 bridgehead atoms. The van der Waals surface area contributed by atoms with Gasteiger partial charge in [-0.2, -0.15) is 0 Å². The molecule has 110 valence electrons. The molecule has 0 aromatic rings. The molecule has 0 aromatic carbocycles. The van der Waals surface area contributed by atoms with Gasteiger partial charge in [0.15, 0.2) is 0 Å². The van der Waals surface area contributed by atoms with Crippen LogP contribution in [0.5, 0.6) is 0 Å². The Kier molecular flexibility index (Phi) is 7.46. The molecule has 0 radical (unpaired) electrons. The first-order valence-corrected chi connectivity index (χ1v) is 7.71. The van der Waals surface area contributed by atoms with Crippen LogP contribution in [0.15, 0.2) is 0 Å². The van der Waals surface area contributed by atoms with Crippen molar-refractivity contribution < 1.29 is 0 Å². The van der Waals surface area contributed by atoms with Crippen LogP contribution in [0.2, 0.25) is 0 Å². The largest absolute Gasteiger partial charge is 0.309 e. The van der Waals surface area contributed by atoms with E-state index in [1.807, 2.05) is 13.8 Å². The monoisotopic (exact) mass is 256 g/mol. The molecule has 1 fully saturated rings. The summed E-state index contributed by atoms with van der Waals surface area (Å²) in [6, 6.07) is 1.44. The Morgan fingerprint density at radius 2 is 0.833 bits per heavy atom. The minimum absolute atomic E-state index is 0.259. The van der Waals surface area contributed by atoms with Crippen molar-refractivity contribution in [2.75, 3.05) is 0 Å². The van der Waals surface area contributed by atoms with Crippen LogP contribution in [0.25, 0.3) is 0 Å². The summed E-state index contributed by atoms with van der Waals surface area (Å²) in [5, 5.41) is 7.43. The van der Waals surface area contributed by atoms with Gasteiger partial charge in [0.25, 0.3) is 0 Å². The Hall–Kier alpha value is -0.0800. The van der Waals surface area contributed by atoms with Crippen LogP contribution >= 0.6 is 0 Å². The standard InChI is InChI=1S/C14H30N2.C2H6/c1-13(2,3)15-11-7-9-12(10-8-11)16-14(4,5)6;1-2/h11-12,15-16H,7-10H2,1-6H3;1-2H3. The third kappa shape index (κ3) is 8.93. The highest BCUT2D eigenvalue weighted by Gasteiger charge is 2.26. The molecule has 0 aromatic heterocycles. The summed E-state index contributed by atoms with van der Waals surface area (Å²) < 4.78 is 0. The minimum Gasteiger partial charge on any atom is -0.309 e. The average molecular weight is 256 g/mol. The second-order valence-corrected chi connectivity index (χ2v) is 7.34. The van der Waals surface area contributed by atoms with Gasteiger partial charge in [0.1, 0.15) is 0 Å². The lowest BCUT2D eigenvalue weighted by molar-refractivity contribution is 0.236. The molecule has 18 heavy (non-hydrogen) atoms. The molecule has 2 nitrogen and oxygen atoms in total. The molecule has 1 rings (SSSR count). The van der Waals surface area contributed by atoms with E-state index in [4.69, 9.17) is 0 Å². The molecule has 2 heteroatoms. The molecule has 0 saturated heterocycles. The molecule has 0 amide bonds. The summed E-state index contributed by atoms with van der Waals surface area (Å²) in [7, 11) is 0. The van der Waals surface area contributed by atoms with Gasteiger partial charge < -0.3 is 10.6 Å². The lowest BCUT2D eigenvalue weighted by atomic mass is 9.88. The summed E-state index contributed by atoms with van der Waals surface area (Å²) in [4.78, 5) is 0. The fourth-order valence-corrected chi connectivity index (χ4v) is 2.61. The van der Waals surface area contributed by atoms with Crippen molar-refractivity contribution in [1.82, 2.24) is 10.6 Å². The number of nitrogens with one attached hydrogen (secondary N) is 2. The highest BCUT2D eigenvalue weighted by atomic mass is 15.0. The zero-order valence-electron chi connectivity index (χ0n) is 14.0. The number of hydrogen-bond donors (Lipinski definition) is 2. The Labute approximate surface area is 115 Å². The minimum atomic E-state index is 0.259. The normalized spacial score (nSPS) is 25.3. The highest BCUT2D eigenvalue weighted by Crippen LogP contribution is 2.22. The fraction of sp³-hybridized carbons (Fsp3) is 1.00. The molecule has 0 spiro atoms. The van der Waals surface area contributed by atoms with Gasteiger partial charge in [0.05, 0.1) is 0 Å². The Balaban J connectivity index is 0.00000137. The molecule has 1 saturated carbocycles. The van der Waals surface area contributed by atoms with E-state index in [0.717, 1.165) is 12.1 Å². The maximum absolute atomic E-state index is 3.71. The Morgan fingerprint density at radius 1 is 0.611 bits per heavy atom. The predicted octanol–water partition coefficient (Wildman–Crippen LogP) is 4.10. The van der Waals surface area contributed by atoms with Gasteiger partial charge in [-0.15, -0.1) is 0 Å². The molecule has 2 N–H and O–H groups in total. The first-order valence-electron chi connectivity index (χ1n) is 7.71. The van der Waals surface area contributed by atoms with Gasteiger partial charge in [0, 0.05) is 23.2 Å². The number of rotatable bonds is 2. The van der Waals surface area contributed by atoms with Gasteiger partial charge in [-0.3, -0.25) is 0 Å². The van der Waals surface area contributed by atoms with Crippen LogP contribution in [-0.2, 0) is 0 Å². The van der Waals surface area contributed by atoms with Crippen molar-refractivity contribution in [3.63, 3.8) is 0 Å². The fourth-order valence-electron chi connectivity index (χ4n) is 2.61. The first kappa shape index (κ1) is 17.9. The molecule has 1 aliphatic carbocycles. The van der Waals surface area contributed by atoms with Crippen molar-refractivity contribution in [2.45, 2.75) is 104 Å². The predicted molar refractivity (Wildman–Crippen MR) is 83.2 cm³/mol. The van der Waals surface area contributed by atoms with Gasteiger partial charge in [-0.25, -0.2) is 0 Å². The van der Waals surface area contributed by atoms with Crippen LogP contribution in [0.4, 0.5) is 0 Å². The topological polar surface area (TPSA) is 24.1 Å². The van der Waals surface area contributed by atoms with Crippen LogP contribution in [0.1, 0.15) is 81.1 Å². The summed E-state index contributed by atoms with van der Waals surface area (Å²) in [5.74, 6) is 0. The lowest BCUT2D eigenvalue weighted by Crippen LogP contribution is -2.50. The Bertz CT molecular complexity index is 178. The SMILES string of the molecule is CC.CC(C)(C)NC1CCC(NC(C)(C)C)CC1. The van der Waals surface area contributed by atoms with Gasteiger partial charge >= 0.3 is 0 Å². The van der Waals surface area contributed by atoms with Crippen molar-refractivity contribution in [3.8, 4) is 0 Å². The van der Waals surface area contributed by atoms with E-state index in [1.165, 1.54) is 25.7 Å². The third-order valence-corrected chi connectivity index (χ3v) is 3.00. The molecule has 1 aliphatic rings. The van der Waals surface area contributed by atoms with Gasteiger partial charge in [0.2, 0.25) is 0 Å². The second-order valence-electron chi connectivity index (χ2n) is 7.34. The van der Waals surface area contributed by atoms with Gasteiger partial charge in [-0.1, -0.05) is 13.8 Å². The van der Waals surface area contributed by atoms with Crippen LogP contribution in [-0.4, -0.2) is 23.2 Å². The van der Waals surface area contributed by atoms with Crippen LogP contribution < -0.4 is 10.6 Å². The summed E-state index contributed by atoms with van der Waals surface area (Å²) >= 11 is 0. The van der Waals surface area contributed by atoms with Crippen LogP contribution in [0, 0.1) is 0 Å². The van der Waals surface area contributed by atoms with Crippen molar-refractivity contribution in [1.29, 1.82) is 0 Å². The van der Waals surface area contributed by atoms with E-state index in [9.17, 15) is 0 Å². The summed E-state index contributed by atoms with van der Waals surface area (Å²) in [5.41, 5.74) is 0.518. The first-order chi connectivity index (χ1) is 8.16. The van der Waals surface area contributed by atoms with Crippen molar-refractivity contribution in [3.05, 3.63) is 0 Å². The molecular weight excluding hydrogens is 220 g/mol. The Morgan fingerprint density at radius 3 is 1.00 bits per heavy atom. The smallest absolute Gasteiger partial charge is 0.00990 e. The van der Waals surface area contributed by atoms with E-state index in [2.05, 4.69) is 52.2 Å². The number of hydrogen-bond acceptors (Lipinski definition) is 2. The van der Waals surface area contributed by atoms with E-state index in [0.29, 0.717) is 0 Å². The zero-order chi connectivity index (χ0) is 14.4. The quantitative estimate of drug-likeness (QED) is 0.777. The highest BCUT2D eigenvalue weighted by molar-refractivity contribution is 4.87. The maximum Gasteiger partial charge on any atom is 0.00990 e. The van der Waals surface area contributed by atoms with Crippen molar-refractivity contribution >= 4 is 0 Å². The average Bonchev–Trinajstić information content (AvgIpc) is 2.20. The molecule has 0 aliphatic heterocycles. The van der Waals surface area contributed by atoms with E-state index in [1.54, 1.807) is 0 Å². The lowest BCUT2D eigenvalue weighted by Gasteiger charge is -2.37. The summed E-state index contributed by atoms with van der Waals surface area (Å²) in [6.45, 7) is 17.5. The second kappa shape index (κ2) is 7.49. The van der Waals surface area contributed by atoms with E-state index >= 15 is 0 Å². The van der Waals surface area contributed by atoms with E-state index in [-0.39, 0.29) is 11.1 Å². The van der Waals surface area contributed by atoms with Crippen LogP contribution in [0.3, 0.4) is 0 Å². The van der Waals surface area contributed by atoms with Crippen molar-refractivity contribution in [2.24, 2.45) is 0 Å². The molecular formula is C16H36N2. The van der Waals surface area contributed by atoms with Gasteiger partial charge in [-0.05, 0) is 67.2 Å². The maximum atomic E-state index is 3.71. The van der Waals surface area contributed by atoms with E-state index < -0.39 is 0 Å². The summed E-state index contributed by atoms with van der Waals surface area (Å²) in [6.07, 6.45) is 5.24. The third-order valence-electron chi connectivity index (χ3n) is 3.00. The zero-order valence-corrected chi connectivity index (χ0v) is 14.0.